The van der Waals surface area contributed by atoms with Gasteiger partial charge in [-0.15, -0.1) is 5.10 Å². The number of rotatable bonds is 2. The fourth-order valence-electron chi connectivity index (χ4n) is 0.552. The molecule has 0 radical (unpaired) electrons. The Morgan fingerprint density at radius 1 is 1.82 bits per heavy atom. The van der Waals surface area contributed by atoms with Gasteiger partial charge in [0.15, 0.2) is 5.82 Å². The number of hydrogen-bond donors (Lipinski definition) is 2. The standard InChI is InChI=1S/C4H7N5O2/c1-9-3(6-7-8-9)2-5-4(10)11/h5H,2H2,1H3,(H,10,11). The van der Waals surface area contributed by atoms with Crippen molar-refractivity contribution in [3.63, 3.8) is 0 Å². The fourth-order valence-corrected chi connectivity index (χ4v) is 0.552. The lowest BCUT2D eigenvalue weighted by Crippen LogP contribution is -2.22. The lowest BCUT2D eigenvalue weighted by Gasteiger charge is -1.96. The zero-order chi connectivity index (χ0) is 8.27. The molecule has 1 rings (SSSR count). The van der Waals surface area contributed by atoms with Gasteiger partial charge in [0.1, 0.15) is 0 Å². The van der Waals surface area contributed by atoms with Crippen molar-refractivity contribution < 1.29 is 9.90 Å². The number of carbonyl (C=O) groups is 1. The third-order valence-corrected chi connectivity index (χ3v) is 1.11. The van der Waals surface area contributed by atoms with E-state index in [0.717, 1.165) is 0 Å². The van der Waals surface area contributed by atoms with Crippen LogP contribution in [0.15, 0.2) is 0 Å². The molecule has 1 amide bonds. The Morgan fingerprint density at radius 2 is 2.55 bits per heavy atom. The number of tetrazole rings is 1. The maximum Gasteiger partial charge on any atom is 0.405 e. The lowest BCUT2D eigenvalue weighted by atomic mass is 10.6. The number of amides is 1. The van der Waals surface area contributed by atoms with Gasteiger partial charge in [0.05, 0.1) is 6.54 Å². The van der Waals surface area contributed by atoms with Crippen molar-refractivity contribution in [2.24, 2.45) is 7.05 Å². The summed E-state index contributed by atoms with van der Waals surface area (Å²) in [7, 11) is 1.64. The molecule has 1 heterocycles. The molecule has 7 nitrogen and oxygen atoms in total. The second kappa shape index (κ2) is 2.95. The van der Waals surface area contributed by atoms with Crippen LogP contribution in [0.3, 0.4) is 0 Å². The van der Waals surface area contributed by atoms with E-state index >= 15 is 0 Å². The molecule has 0 aliphatic rings. The number of nitrogens with zero attached hydrogens (tertiary/aromatic N) is 4. The average molecular weight is 157 g/mol. The van der Waals surface area contributed by atoms with Crippen LogP contribution in [-0.4, -0.2) is 31.4 Å². The van der Waals surface area contributed by atoms with E-state index in [1.54, 1.807) is 7.05 Å². The van der Waals surface area contributed by atoms with E-state index in [2.05, 4.69) is 20.8 Å². The molecule has 0 aliphatic carbocycles. The van der Waals surface area contributed by atoms with E-state index in [1.165, 1.54) is 4.68 Å². The molecule has 2 N–H and O–H groups in total. The van der Waals surface area contributed by atoms with Gasteiger partial charge in [0, 0.05) is 7.05 Å². The smallest absolute Gasteiger partial charge is 0.405 e. The van der Waals surface area contributed by atoms with Crippen LogP contribution in [0.2, 0.25) is 0 Å². The molecule has 0 fully saturated rings. The maximum atomic E-state index is 10.0. The fraction of sp³-hybridized carbons (Fsp3) is 0.500. The highest BCUT2D eigenvalue weighted by Gasteiger charge is 2.02. The third-order valence-electron chi connectivity index (χ3n) is 1.11. The molecule has 0 saturated carbocycles. The van der Waals surface area contributed by atoms with Crippen LogP contribution in [-0.2, 0) is 13.6 Å². The summed E-state index contributed by atoms with van der Waals surface area (Å²) in [5.74, 6) is 0.479. The molecular weight excluding hydrogens is 150 g/mol. The highest BCUT2D eigenvalue weighted by atomic mass is 16.4. The molecule has 0 aliphatic heterocycles. The minimum absolute atomic E-state index is 0.124. The van der Waals surface area contributed by atoms with Crippen molar-refractivity contribution in [3.8, 4) is 0 Å². The Morgan fingerprint density at radius 3 is 3.00 bits per heavy atom. The monoisotopic (exact) mass is 157 g/mol. The predicted molar refractivity (Wildman–Crippen MR) is 33.7 cm³/mol. The van der Waals surface area contributed by atoms with Crippen LogP contribution < -0.4 is 5.32 Å². The molecule has 0 atom stereocenters. The number of carboxylic acid groups (broad SMARTS) is 1. The van der Waals surface area contributed by atoms with Crippen LogP contribution >= 0.6 is 0 Å². The summed E-state index contributed by atoms with van der Waals surface area (Å²) in [6.45, 7) is 0.124. The Labute approximate surface area is 62.0 Å². The second-order valence-corrected chi connectivity index (χ2v) is 1.88. The van der Waals surface area contributed by atoms with Crippen LogP contribution in [0.4, 0.5) is 4.79 Å². The van der Waals surface area contributed by atoms with Gasteiger partial charge < -0.3 is 10.4 Å². The first-order chi connectivity index (χ1) is 5.20. The van der Waals surface area contributed by atoms with Gasteiger partial charge in [-0.1, -0.05) is 0 Å². The zero-order valence-corrected chi connectivity index (χ0v) is 5.85. The molecule has 0 aromatic carbocycles. The Kier molecular flexibility index (Phi) is 2.00. The first-order valence-corrected chi connectivity index (χ1v) is 2.88. The molecule has 60 valence electrons. The summed E-state index contributed by atoms with van der Waals surface area (Å²) >= 11 is 0. The van der Waals surface area contributed by atoms with E-state index in [9.17, 15) is 4.79 Å². The SMILES string of the molecule is Cn1nnnc1CNC(=O)O. The van der Waals surface area contributed by atoms with Gasteiger partial charge in [0.2, 0.25) is 0 Å². The summed E-state index contributed by atoms with van der Waals surface area (Å²) in [6.07, 6.45) is -1.09. The van der Waals surface area contributed by atoms with E-state index in [-0.39, 0.29) is 6.54 Å². The van der Waals surface area contributed by atoms with Crippen LogP contribution in [0, 0.1) is 0 Å². The summed E-state index contributed by atoms with van der Waals surface area (Å²) in [5.41, 5.74) is 0. The van der Waals surface area contributed by atoms with Gasteiger partial charge in [-0.2, -0.15) is 0 Å². The van der Waals surface area contributed by atoms with E-state index in [4.69, 9.17) is 5.11 Å². The summed E-state index contributed by atoms with van der Waals surface area (Å²) in [6, 6.07) is 0. The van der Waals surface area contributed by atoms with E-state index < -0.39 is 6.09 Å². The van der Waals surface area contributed by atoms with Crippen molar-refractivity contribution in [2.45, 2.75) is 6.54 Å². The van der Waals surface area contributed by atoms with Crippen molar-refractivity contribution in [2.75, 3.05) is 0 Å². The number of aryl methyl sites for hydroxylation is 1. The van der Waals surface area contributed by atoms with Gasteiger partial charge in [-0.3, -0.25) is 0 Å². The molecule has 1 aromatic heterocycles. The zero-order valence-electron chi connectivity index (χ0n) is 5.85. The first-order valence-electron chi connectivity index (χ1n) is 2.88. The number of aromatic nitrogens is 4. The first kappa shape index (κ1) is 7.45. The van der Waals surface area contributed by atoms with Gasteiger partial charge in [0.25, 0.3) is 0 Å². The lowest BCUT2D eigenvalue weighted by molar-refractivity contribution is 0.193. The van der Waals surface area contributed by atoms with Gasteiger partial charge >= 0.3 is 6.09 Å². The molecule has 0 spiro atoms. The van der Waals surface area contributed by atoms with E-state index in [0.29, 0.717) is 5.82 Å². The van der Waals surface area contributed by atoms with Crippen molar-refractivity contribution in [1.82, 2.24) is 25.5 Å². The summed E-state index contributed by atoms with van der Waals surface area (Å²) in [4.78, 5) is 10.0. The minimum Gasteiger partial charge on any atom is -0.465 e. The molecule has 0 bridgehead atoms. The quantitative estimate of drug-likeness (QED) is 0.573. The third kappa shape index (κ3) is 1.88. The molecule has 0 unspecified atom stereocenters. The maximum absolute atomic E-state index is 10.0. The predicted octanol–water partition coefficient (Wildman–Crippen LogP) is -1.02. The Bertz CT molecular complexity index is 257. The highest BCUT2D eigenvalue weighted by Crippen LogP contribution is 1.85. The van der Waals surface area contributed by atoms with E-state index in [1.807, 2.05) is 0 Å². The Hall–Kier alpha value is -1.66. The number of hydrogen-bond acceptors (Lipinski definition) is 4. The van der Waals surface area contributed by atoms with Crippen LogP contribution in [0.25, 0.3) is 0 Å². The summed E-state index contributed by atoms with van der Waals surface area (Å²) < 4.78 is 1.40. The molecule has 1 aromatic rings. The topological polar surface area (TPSA) is 92.9 Å². The normalized spacial score (nSPS) is 9.55. The van der Waals surface area contributed by atoms with Gasteiger partial charge in [-0.25, -0.2) is 9.48 Å². The Balaban J connectivity index is 2.51. The molecule has 7 heteroatoms. The second-order valence-electron chi connectivity index (χ2n) is 1.88. The highest BCUT2D eigenvalue weighted by molar-refractivity contribution is 5.64. The van der Waals surface area contributed by atoms with Crippen molar-refractivity contribution in [3.05, 3.63) is 5.82 Å². The molecule has 11 heavy (non-hydrogen) atoms. The number of nitrogens with one attached hydrogen (secondary N) is 1. The summed E-state index contributed by atoms with van der Waals surface area (Å²) in [5, 5.41) is 20.8. The van der Waals surface area contributed by atoms with Crippen LogP contribution in [0.1, 0.15) is 5.82 Å². The molecule has 0 saturated heterocycles. The largest absolute Gasteiger partial charge is 0.465 e. The van der Waals surface area contributed by atoms with Crippen molar-refractivity contribution in [1.29, 1.82) is 0 Å². The van der Waals surface area contributed by atoms with Crippen molar-refractivity contribution >= 4 is 6.09 Å². The van der Waals surface area contributed by atoms with Gasteiger partial charge in [-0.05, 0) is 10.4 Å². The van der Waals surface area contributed by atoms with Crippen LogP contribution in [0.5, 0.6) is 0 Å². The molecular formula is C4H7N5O2. The average Bonchev–Trinajstić information content (AvgIpc) is 2.31. The minimum atomic E-state index is -1.09.